The lowest BCUT2D eigenvalue weighted by atomic mass is 10.1. The van der Waals surface area contributed by atoms with Crippen molar-refractivity contribution < 1.29 is 8.78 Å². The van der Waals surface area contributed by atoms with Crippen LogP contribution in [0.1, 0.15) is 18.0 Å². The number of hydrogen-bond acceptors (Lipinski definition) is 1. The van der Waals surface area contributed by atoms with E-state index in [2.05, 4.69) is 15.9 Å². The molecule has 2 N–H and O–H groups in total. The van der Waals surface area contributed by atoms with Gasteiger partial charge in [-0.3, -0.25) is 0 Å². The molecule has 0 aliphatic carbocycles. The molecule has 86 valence electrons. The van der Waals surface area contributed by atoms with Crippen molar-refractivity contribution in [3.05, 3.63) is 33.3 Å². The molecule has 0 fully saturated rings. The van der Waals surface area contributed by atoms with E-state index in [1.165, 1.54) is 0 Å². The molecule has 0 saturated heterocycles. The molecule has 1 atom stereocenters. The maximum Gasteiger partial charge on any atom is 0.240 e. The maximum atomic E-state index is 12.1. The van der Waals surface area contributed by atoms with E-state index < -0.39 is 12.5 Å². The number of rotatable bonds is 3. The third-order valence-corrected chi connectivity index (χ3v) is 2.72. The molecule has 0 heterocycles. The molecule has 15 heavy (non-hydrogen) atoms. The Kier molecular flexibility index (Phi) is 6.68. The molecule has 0 radical (unpaired) electrons. The first-order valence-corrected chi connectivity index (χ1v) is 5.16. The van der Waals surface area contributed by atoms with Gasteiger partial charge in [0.1, 0.15) is 0 Å². The Balaban J connectivity index is 0.00000196. The predicted molar refractivity (Wildman–Crippen MR) is 63.9 cm³/mol. The van der Waals surface area contributed by atoms with Gasteiger partial charge in [-0.05, 0) is 17.7 Å². The molecular weight excluding hydrogens is 311 g/mol. The highest BCUT2D eigenvalue weighted by Crippen LogP contribution is 2.28. The summed E-state index contributed by atoms with van der Waals surface area (Å²) in [7, 11) is 0. The summed E-state index contributed by atoms with van der Waals surface area (Å²) in [6.07, 6.45) is -2.74. The summed E-state index contributed by atoms with van der Waals surface area (Å²) in [5.41, 5.74) is 6.24. The summed E-state index contributed by atoms with van der Waals surface area (Å²) in [6, 6.07) is 4.26. The van der Waals surface area contributed by atoms with Gasteiger partial charge in [0.05, 0.1) is 0 Å². The smallest absolute Gasteiger partial charge is 0.240 e. The molecule has 0 amide bonds. The minimum atomic E-state index is -2.40. The Morgan fingerprint density at radius 1 is 1.40 bits per heavy atom. The van der Waals surface area contributed by atoms with Crippen LogP contribution >= 0.6 is 39.9 Å². The number of nitrogens with two attached hydrogens (primary N) is 1. The fraction of sp³-hybridized carbons (Fsp3) is 0.333. The third-order valence-electron chi connectivity index (χ3n) is 1.79. The number of hydrogen-bond donors (Lipinski definition) is 1. The van der Waals surface area contributed by atoms with Crippen LogP contribution in [0.4, 0.5) is 8.78 Å². The average Bonchev–Trinajstić information content (AvgIpc) is 2.01. The molecular formula is C9H10BrCl2F2N. The molecule has 1 aromatic rings. The van der Waals surface area contributed by atoms with Crippen LogP contribution < -0.4 is 5.73 Å². The highest BCUT2D eigenvalue weighted by atomic mass is 79.9. The number of halogens is 5. The number of alkyl halides is 2. The van der Waals surface area contributed by atoms with Crippen LogP contribution in [0.2, 0.25) is 5.02 Å². The third kappa shape index (κ3) is 4.64. The van der Waals surface area contributed by atoms with Gasteiger partial charge in [-0.2, -0.15) is 0 Å². The molecule has 1 nitrogen and oxygen atoms in total. The minimum absolute atomic E-state index is 0. The van der Waals surface area contributed by atoms with Gasteiger partial charge in [0.15, 0.2) is 0 Å². The molecule has 1 aromatic carbocycles. The fourth-order valence-corrected chi connectivity index (χ4v) is 2.10. The van der Waals surface area contributed by atoms with Crippen molar-refractivity contribution in [2.45, 2.75) is 18.9 Å². The van der Waals surface area contributed by atoms with Gasteiger partial charge in [-0.25, -0.2) is 8.78 Å². The monoisotopic (exact) mass is 319 g/mol. The summed E-state index contributed by atoms with van der Waals surface area (Å²) in [4.78, 5) is 0. The highest BCUT2D eigenvalue weighted by Gasteiger charge is 2.15. The quantitative estimate of drug-likeness (QED) is 0.888. The van der Waals surface area contributed by atoms with Crippen LogP contribution in [0.25, 0.3) is 0 Å². The van der Waals surface area contributed by atoms with Crippen molar-refractivity contribution in [1.29, 1.82) is 0 Å². The second-order valence-electron chi connectivity index (χ2n) is 2.90. The zero-order chi connectivity index (χ0) is 10.7. The first-order chi connectivity index (χ1) is 6.50. The van der Waals surface area contributed by atoms with Gasteiger partial charge < -0.3 is 5.73 Å². The SMILES string of the molecule is Cl.N[C@H](CC(F)F)c1ccc(Cl)cc1Br. The van der Waals surface area contributed by atoms with E-state index in [-0.39, 0.29) is 18.8 Å². The van der Waals surface area contributed by atoms with Crippen molar-refractivity contribution in [2.75, 3.05) is 0 Å². The molecule has 6 heteroatoms. The summed E-state index contributed by atoms with van der Waals surface area (Å²) in [5, 5.41) is 0.546. The lowest BCUT2D eigenvalue weighted by molar-refractivity contribution is 0.128. The lowest BCUT2D eigenvalue weighted by Gasteiger charge is -2.13. The normalized spacial score (nSPS) is 12.4. The van der Waals surface area contributed by atoms with Gasteiger partial charge in [0.2, 0.25) is 6.43 Å². The first-order valence-electron chi connectivity index (χ1n) is 3.99. The largest absolute Gasteiger partial charge is 0.324 e. The molecule has 0 spiro atoms. The zero-order valence-corrected chi connectivity index (χ0v) is 10.7. The van der Waals surface area contributed by atoms with E-state index in [1.54, 1.807) is 18.2 Å². The Hall–Kier alpha value is 0.1000. The van der Waals surface area contributed by atoms with Gasteiger partial charge in [0, 0.05) is 22.0 Å². The summed E-state index contributed by atoms with van der Waals surface area (Å²) >= 11 is 8.94. The second kappa shape index (κ2) is 6.63. The van der Waals surface area contributed by atoms with Crippen molar-refractivity contribution in [1.82, 2.24) is 0 Å². The van der Waals surface area contributed by atoms with Crippen LogP contribution in [0, 0.1) is 0 Å². The van der Waals surface area contributed by atoms with Crippen molar-refractivity contribution >= 4 is 39.9 Å². The van der Waals surface area contributed by atoms with Crippen LogP contribution in [-0.2, 0) is 0 Å². The topological polar surface area (TPSA) is 26.0 Å². The summed E-state index contributed by atoms with van der Waals surface area (Å²) in [6.45, 7) is 0. The van der Waals surface area contributed by atoms with Crippen molar-refractivity contribution in [3.8, 4) is 0 Å². The minimum Gasteiger partial charge on any atom is -0.324 e. The Labute approximate surface area is 107 Å². The molecule has 1 rings (SSSR count). The molecule has 0 bridgehead atoms. The van der Waals surface area contributed by atoms with Crippen molar-refractivity contribution in [2.24, 2.45) is 5.73 Å². The first kappa shape index (κ1) is 15.1. The Morgan fingerprint density at radius 2 is 2.00 bits per heavy atom. The standard InChI is InChI=1S/C9H9BrClF2N.ClH/c10-7-3-5(11)1-2-6(7)8(14)4-9(12)13;/h1-3,8-9H,4,14H2;1H/t8-;/m1./s1. The van der Waals surface area contributed by atoms with Crippen molar-refractivity contribution in [3.63, 3.8) is 0 Å². The second-order valence-corrected chi connectivity index (χ2v) is 4.19. The van der Waals surface area contributed by atoms with Gasteiger partial charge in [0.25, 0.3) is 0 Å². The van der Waals surface area contributed by atoms with Gasteiger partial charge in [-0.1, -0.05) is 33.6 Å². The maximum absolute atomic E-state index is 12.1. The molecule has 0 aromatic heterocycles. The average molecular weight is 321 g/mol. The fourth-order valence-electron chi connectivity index (χ4n) is 1.12. The lowest BCUT2D eigenvalue weighted by Crippen LogP contribution is -2.14. The van der Waals surface area contributed by atoms with E-state index in [0.717, 1.165) is 0 Å². The Morgan fingerprint density at radius 3 is 2.47 bits per heavy atom. The van der Waals surface area contributed by atoms with Gasteiger partial charge >= 0.3 is 0 Å². The van der Waals surface area contributed by atoms with E-state index in [9.17, 15) is 8.78 Å². The van der Waals surface area contributed by atoms with Crippen LogP contribution in [0.15, 0.2) is 22.7 Å². The van der Waals surface area contributed by atoms with E-state index in [0.29, 0.717) is 15.1 Å². The molecule has 0 aliphatic rings. The molecule has 0 unspecified atom stereocenters. The van der Waals surface area contributed by atoms with Crippen LogP contribution in [-0.4, -0.2) is 6.43 Å². The van der Waals surface area contributed by atoms with E-state index >= 15 is 0 Å². The molecule has 0 saturated carbocycles. The molecule has 0 aliphatic heterocycles. The van der Waals surface area contributed by atoms with Crippen LogP contribution in [0.5, 0.6) is 0 Å². The Bertz CT molecular complexity index is 323. The summed E-state index contributed by atoms with van der Waals surface area (Å²) < 4.78 is 24.8. The predicted octanol–water partition coefficient (Wildman–Crippen LogP) is 4.18. The number of benzene rings is 1. The zero-order valence-electron chi connectivity index (χ0n) is 7.59. The highest BCUT2D eigenvalue weighted by molar-refractivity contribution is 9.10. The van der Waals surface area contributed by atoms with E-state index in [4.69, 9.17) is 17.3 Å². The van der Waals surface area contributed by atoms with Crippen LogP contribution in [0.3, 0.4) is 0 Å². The van der Waals surface area contributed by atoms with Gasteiger partial charge in [-0.15, -0.1) is 12.4 Å². The van der Waals surface area contributed by atoms with E-state index in [1.807, 2.05) is 0 Å². The summed E-state index contributed by atoms with van der Waals surface area (Å²) in [5.74, 6) is 0.